The predicted molar refractivity (Wildman–Crippen MR) is 66.5 cm³/mol. The summed E-state index contributed by atoms with van der Waals surface area (Å²) in [7, 11) is 0. The van der Waals surface area contributed by atoms with Crippen LogP contribution in [0, 0.1) is 5.92 Å². The van der Waals surface area contributed by atoms with Crippen molar-refractivity contribution in [2.45, 2.75) is 38.3 Å². The average Bonchev–Trinajstić information content (AvgIpc) is 2.54. The van der Waals surface area contributed by atoms with Crippen LogP contribution in [-0.4, -0.2) is 30.1 Å². The number of carbonyl (C=O) groups excluding carboxylic acids is 1. The largest absolute Gasteiger partial charge is 0.406 e. The fourth-order valence-electron chi connectivity index (χ4n) is 2.80. The second kappa shape index (κ2) is 6.15. The highest BCUT2D eigenvalue weighted by Crippen LogP contribution is 2.36. The first-order chi connectivity index (χ1) is 9.78. The summed E-state index contributed by atoms with van der Waals surface area (Å²) in [6.07, 6.45) is -1.88. The molecule has 0 bridgehead atoms. The van der Waals surface area contributed by atoms with Crippen molar-refractivity contribution in [1.82, 2.24) is 4.90 Å². The summed E-state index contributed by atoms with van der Waals surface area (Å²) in [5, 5.41) is 0. The normalized spacial score (nSPS) is 25.0. The van der Waals surface area contributed by atoms with Crippen molar-refractivity contribution in [2.75, 3.05) is 13.1 Å². The van der Waals surface area contributed by atoms with Crippen molar-refractivity contribution in [3.05, 3.63) is 23.3 Å². The standard InChI is InChI=1S/C14H16F5NO/c15-11-5-2-4-10(13(11)16)9-3-1-6-12(21)20(7-9)8-14(17,18)19/h4,9H,1-3,5-8H2/t9-/m1/s1. The van der Waals surface area contributed by atoms with Gasteiger partial charge in [-0.25, -0.2) is 8.78 Å². The zero-order valence-corrected chi connectivity index (χ0v) is 11.3. The third-order valence-corrected chi connectivity index (χ3v) is 3.77. The molecule has 1 aliphatic carbocycles. The van der Waals surface area contributed by atoms with Crippen molar-refractivity contribution in [3.63, 3.8) is 0 Å². The lowest BCUT2D eigenvalue weighted by atomic mass is 9.89. The molecule has 21 heavy (non-hydrogen) atoms. The number of allylic oxidation sites excluding steroid dienone is 3. The summed E-state index contributed by atoms with van der Waals surface area (Å²) in [6, 6.07) is 0. The van der Waals surface area contributed by atoms with Gasteiger partial charge >= 0.3 is 6.18 Å². The summed E-state index contributed by atoms with van der Waals surface area (Å²) in [6.45, 7) is -1.56. The maximum atomic E-state index is 13.8. The predicted octanol–water partition coefficient (Wildman–Crippen LogP) is 4.05. The van der Waals surface area contributed by atoms with Crippen molar-refractivity contribution >= 4 is 5.91 Å². The second-order valence-electron chi connectivity index (χ2n) is 5.40. The minimum Gasteiger partial charge on any atom is -0.333 e. The van der Waals surface area contributed by atoms with Gasteiger partial charge in [0.15, 0.2) is 5.83 Å². The number of nitrogens with zero attached hydrogens (tertiary/aromatic N) is 1. The molecule has 0 unspecified atom stereocenters. The number of halogens is 5. The number of amides is 1. The van der Waals surface area contributed by atoms with Gasteiger partial charge in [-0.05, 0) is 24.8 Å². The van der Waals surface area contributed by atoms with E-state index in [0.29, 0.717) is 24.2 Å². The molecule has 1 aliphatic heterocycles. The van der Waals surface area contributed by atoms with Crippen LogP contribution < -0.4 is 0 Å². The third-order valence-electron chi connectivity index (χ3n) is 3.77. The maximum Gasteiger partial charge on any atom is 0.406 e. The van der Waals surface area contributed by atoms with Gasteiger partial charge in [-0.1, -0.05) is 6.08 Å². The molecule has 118 valence electrons. The Labute approximate surface area is 119 Å². The van der Waals surface area contributed by atoms with Gasteiger partial charge in [0.05, 0.1) is 0 Å². The van der Waals surface area contributed by atoms with Crippen molar-refractivity contribution in [3.8, 4) is 0 Å². The molecular weight excluding hydrogens is 293 g/mol. The van der Waals surface area contributed by atoms with E-state index in [-0.39, 0.29) is 25.0 Å². The Kier molecular flexibility index (Phi) is 4.68. The van der Waals surface area contributed by atoms with E-state index in [1.807, 2.05) is 0 Å². The van der Waals surface area contributed by atoms with E-state index < -0.39 is 36.2 Å². The average molecular weight is 309 g/mol. The fraction of sp³-hybridized carbons (Fsp3) is 0.643. The van der Waals surface area contributed by atoms with Gasteiger partial charge in [-0.15, -0.1) is 0 Å². The summed E-state index contributed by atoms with van der Waals surface area (Å²) in [5.41, 5.74) is 0.112. The van der Waals surface area contributed by atoms with Crippen LogP contribution in [0.2, 0.25) is 0 Å². The van der Waals surface area contributed by atoms with E-state index in [2.05, 4.69) is 0 Å². The van der Waals surface area contributed by atoms with Gasteiger partial charge in [-0.3, -0.25) is 4.79 Å². The number of rotatable bonds is 2. The SMILES string of the molecule is O=C1CCC[C@@H](C2=CCCC(F)=C2F)CN1CC(F)(F)F. The van der Waals surface area contributed by atoms with E-state index in [0.717, 1.165) is 0 Å². The third kappa shape index (κ3) is 4.04. The van der Waals surface area contributed by atoms with Crippen LogP contribution in [0.5, 0.6) is 0 Å². The molecule has 0 aromatic carbocycles. The first-order valence-corrected chi connectivity index (χ1v) is 6.87. The molecular formula is C14H16F5NO. The number of carbonyl (C=O) groups is 1. The molecule has 2 nitrogen and oxygen atoms in total. The second-order valence-corrected chi connectivity index (χ2v) is 5.40. The number of likely N-dealkylation sites (tertiary alicyclic amines) is 1. The van der Waals surface area contributed by atoms with Gasteiger partial charge in [-0.2, -0.15) is 13.2 Å². The Bertz CT molecular complexity index is 480. The van der Waals surface area contributed by atoms with Crippen LogP contribution in [0.25, 0.3) is 0 Å². The monoisotopic (exact) mass is 309 g/mol. The van der Waals surface area contributed by atoms with Crippen LogP contribution in [0.4, 0.5) is 22.0 Å². The first-order valence-electron chi connectivity index (χ1n) is 6.87. The lowest BCUT2D eigenvalue weighted by Gasteiger charge is -2.27. The van der Waals surface area contributed by atoms with Gasteiger partial charge in [0.25, 0.3) is 0 Å². The molecule has 1 saturated heterocycles. The van der Waals surface area contributed by atoms with E-state index in [1.165, 1.54) is 6.08 Å². The lowest BCUT2D eigenvalue weighted by molar-refractivity contribution is -0.161. The zero-order valence-electron chi connectivity index (χ0n) is 11.3. The lowest BCUT2D eigenvalue weighted by Crippen LogP contribution is -2.40. The van der Waals surface area contributed by atoms with Crippen molar-refractivity contribution in [1.29, 1.82) is 0 Å². The molecule has 1 heterocycles. The minimum absolute atomic E-state index is 0.00761. The molecule has 2 aliphatic rings. The molecule has 0 spiro atoms. The maximum absolute atomic E-state index is 13.8. The Balaban J connectivity index is 2.17. The van der Waals surface area contributed by atoms with Gasteiger partial charge in [0, 0.05) is 25.3 Å². The molecule has 0 radical (unpaired) electrons. The molecule has 2 rings (SSSR count). The summed E-state index contributed by atoms with van der Waals surface area (Å²) in [4.78, 5) is 12.4. The van der Waals surface area contributed by atoms with Gasteiger partial charge < -0.3 is 4.90 Å². The molecule has 0 N–H and O–H groups in total. The van der Waals surface area contributed by atoms with Crippen LogP contribution in [0.1, 0.15) is 32.1 Å². The van der Waals surface area contributed by atoms with E-state index in [1.54, 1.807) is 0 Å². The molecule has 0 aromatic rings. The minimum atomic E-state index is -4.49. The molecule has 1 fully saturated rings. The van der Waals surface area contributed by atoms with Crippen LogP contribution >= 0.6 is 0 Å². The molecule has 0 saturated carbocycles. The summed E-state index contributed by atoms with van der Waals surface area (Å²) >= 11 is 0. The summed E-state index contributed by atoms with van der Waals surface area (Å²) in [5.74, 6) is -2.99. The Morgan fingerprint density at radius 3 is 2.62 bits per heavy atom. The van der Waals surface area contributed by atoms with Gasteiger partial charge in [0.1, 0.15) is 12.4 Å². The highest BCUT2D eigenvalue weighted by molar-refractivity contribution is 5.76. The molecule has 7 heteroatoms. The van der Waals surface area contributed by atoms with Crippen LogP contribution in [-0.2, 0) is 4.79 Å². The van der Waals surface area contributed by atoms with Gasteiger partial charge in [0.2, 0.25) is 5.91 Å². The topological polar surface area (TPSA) is 20.3 Å². The highest BCUT2D eigenvalue weighted by Gasteiger charge is 2.36. The number of hydrogen-bond acceptors (Lipinski definition) is 1. The van der Waals surface area contributed by atoms with Crippen molar-refractivity contribution < 1.29 is 26.7 Å². The Morgan fingerprint density at radius 1 is 1.24 bits per heavy atom. The zero-order chi connectivity index (χ0) is 15.6. The number of hydrogen-bond donors (Lipinski definition) is 0. The van der Waals surface area contributed by atoms with Crippen LogP contribution in [0.15, 0.2) is 23.3 Å². The smallest absolute Gasteiger partial charge is 0.333 e. The Hall–Kier alpha value is -1.40. The molecule has 1 atom stereocenters. The summed E-state index contributed by atoms with van der Waals surface area (Å²) < 4.78 is 64.7. The quantitative estimate of drug-likeness (QED) is 0.705. The first kappa shape index (κ1) is 16.0. The Morgan fingerprint density at radius 2 is 1.95 bits per heavy atom. The van der Waals surface area contributed by atoms with Crippen molar-refractivity contribution in [2.24, 2.45) is 5.92 Å². The molecule has 1 amide bonds. The highest BCUT2D eigenvalue weighted by atomic mass is 19.4. The van der Waals surface area contributed by atoms with E-state index in [4.69, 9.17) is 0 Å². The van der Waals surface area contributed by atoms with E-state index in [9.17, 15) is 26.7 Å². The fourth-order valence-corrected chi connectivity index (χ4v) is 2.80. The number of alkyl halides is 3. The van der Waals surface area contributed by atoms with E-state index >= 15 is 0 Å². The molecule has 0 aromatic heterocycles. The van der Waals surface area contributed by atoms with Crippen LogP contribution in [0.3, 0.4) is 0 Å².